The van der Waals surface area contributed by atoms with Gasteiger partial charge in [-0.1, -0.05) is 46.1 Å². The summed E-state index contributed by atoms with van der Waals surface area (Å²) in [5.74, 6) is -6.87. The van der Waals surface area contributed by atoms with E-state index in [4.69, 9.17) is 71.1 Å². The minimum absolute atomic E-state index is 0.141. The SMILES string of the molecule is C=CC(=O)O.C=CC(=O)O.C=CC(=O)O.C=CC(=O)O.C=CC(=O)O.C=CC(=O)O.C=CC(=O)O.OCC(CO)(CO)COCC(CO)(CO)CO. The number of hydrogen-bond donors (Lipinski definition) is 13. The van der Waals surface area contributed by atoms with Gasteiger partial charge in [0.05, 0.1) is 63.7 Å². The third-order valence-electron chi connectivity index (χ3n) is 4.05. The molecule has 21 nitrogen and oxygen atoms in total. The molecule has 0 atom stereocenters. The fraction of sp³-hybridized carbons (Fsp3) is 0.323. The normalized spacial score (nSPS) is 8.58. The molecule has 52 heavy (non-hydrogen) atoms. The van der Waals surface area contributed by atoms with Gasteiger partial charge in [-0.25, -0.2) is 33.6 Å². The molecular formula is C31H50O21. The lowest BCUT2D eigenvalue weighted by Crippen LogP contribution is -2.43. The van der Waals surface area contributed by atoms with Crippen LogP contribution in [0.5, 0.6) is 0 Å². The Morgan fingerprint density at radius 1 is 0.346 bits per heavy atom. The lowest BCUT2D eigenvalue weighted by molar-refractivity contribution is -0.132. The third-order valence-corrected chi connectivity index (χ3v) is 4.05. The number of aliphatic hydroxyl groups is 6. The second kappa shape index (κ2) is 47.3. The van der Waals surface area contributed by atoms with Crippen molar-refractivity contribution < 1.29 is 105 Å². The summed E-state index contributed by atoms with van der Waals surface area (Å²) in [6, 6.07) is 0. The standard InChI is InChI=1S/C10H22O7.7C3H4O2/c11-1-9(2-12,3-13)7-17-8-10(4-14,5-15)6-16;7*1-2-3(4)5/h11-16H,1-8H2;7*2H,1H2,(H,4,5). The van der Waals surface area contributed by atoms with E-state index in [1.54, 1.807) is 0 Å². The van der Waals surface area contributed by atoms with Gasteiger partial charge in [0, 0.05) is 42.5 Å². The summed E-state index contributed by atoms with van der Waals surface area (Å²) >= 11 is 0. The summed E-state index contributed by atoms with van der Waals surface area (Å²) in [6.07, 6.45) is 5.83. The van der Waals surface area contributed by atoms with Crippen molar-refractivity contribution in [2.45, 2.75) is 0 Å². The second-order valence-corrected chi connectivity index (χ2v) is 8.24. The number of ether oxygens (including phenoxy) is 1. The molecule has 0 radical (unpaired) electrons. The number of carboxylic acid groups (broad SMARTS) is 7. The predicted molar refractivity (Wildman–Crippen MR) is 183 cm³/mol. The van der Waals surface area contributed by atoms with E-state index in [-0.39, 0.29) is 13.2 Å². The van der Waals surface area contributed by atoms with Crippen LogP contribution in [0.15, 0.2) is 88.6 Å². The van der Waals surface area contributed by atoms with Crippen molar-refractivity contribution in [2.24, 2.45) is 10.8 Å². The number of carboxylic acids is 7. The van der Waals surface area contributed by atoms with Gasteiger partial charge in [0.25, 0.3) is 0 Å². The highest BCUT2D eigenvalue weighted by atomic mass is 16.5. The van der Waals surface area contributed by atoms with E-state index in [1.807, 2.05) is 0 Å². The van der Waals surface area contributed by atoms with E-state index in [1.165, 1.54) is 0 Å². The molecule has 0 rings (SSSR count). The zero-order chi connectivity index (χ0) is 43.4. The Morgan fingerprint density at radius 2 is 0.442 bits per heavy atom. The Balaban J connectivity index is -0.0000000772. The second-order valence-electron chi connectivity index (χ2n) is 8.24. The number of hydrogen-bond acceptors (Lipinski definition) is 14. The van der Waals surface area contributed by atoms with Crippen molar-refractivity contribution in [3.8, 4) is 0 Å². The van der Waals surface area contributed by atoms with Gasteiger partial charge in [-0.2, -0.15) is 0 Å². The first-order chi connectivity index (χ1) is 24.0. The van der Waals surface area contributed by atoms with Crippen LogP contribution in [0.1, 0.15) is 0 Å². The number of carbonyl (C=O) groups is 7. The molecule has 0 aromatic carbocycles. The van der Waals surface area contributed by atoms with Gasteiger partial charge < -0.3 is 71.1 Å². The highest BCUT2D eigenvalue weighted by Gasteiger charge is 2.32. The van der Waals surface area contributed by atoms with E-state index in [2.05, 4.69) is 46.1 Å². The zero-order valence-corrected chi connectivity index (χ0v) is 28.2. The van der Waals surface area contributed by atoms with E-state index >= 15 is 0 Å². The lowest BCUT2D eigenvalue weighted by Gasteiger charge is -2.31. The first kappa shape index (κ1) is 64.7. The quantitative estimate of drug-likeness (QED) is 0.0769. The summed E-state index contributed by atoms with van der Waals surface area (Å²) in [5.41, 5.74) is -2.32. The van der Waals surface area contributed by atoms with Gasteiger partial charge >= 0.3 is 41.8 Å². The fourth-order valence-corrected chi connectivity index (χ4v) is 1.06. The van der Waals surface area contributed by atoms with Crippen molar-refractivity contribution in [2.75, 3.05) is 52.9 Å². The topological polar surface area (TPSA) is 392 Å². The monoisotopic (exact) mass is 758 g/mol. The number of aliphatic carboxylic acids is 7. The van der Waals surface area contributed by atoms with Gasteiger partial charge in [0.15, 0.2) is 0 Å². The van der Waals surface area contributed by atoms with Crippen LogP contribution in [0.25, 0.3) is 0 Å². The van der Waals surface area contributed by atoms with Crippen molar-refractivity contribution in [1.82, 2.24) is 0 Å². The van der Waals surface area contributed by atoms with Crippen LogP contribution in [0, 0.1) is 10.8 Å². The maximum atomic E-state index is 9.25. The molecular weight excluding hydrogens is 708 g/mol. The molecule has 0 amide bonds. The van der Waals surface area contributed by atoms with Crippen molar-refractivity contribution in [1.29, 1.82) is 0 Å². The molecule has 21 heteroatoms. The molecule has 300 valence electrons. The molecule has 0 aliphatic carbocycles. The van der Waals surface area contributed by atoms with Gasteiger partial charge in [-0.15, -0.1) is 0 Å². The summed E-state index contributed by atoms with van der Waals surface area (Å²) < 4.78 is 5.15. The minimum Gasteiger partial charge on any atom is -0.478 e. The number of rotatable bonds is 17. The van der Waals surface area contributed by atoms with Crippen LogP contribution >= 0.6 is 0 Å². The molecule has 0 aliphatic heterocycles. The molecule has 0 heterocycles. The van der Waals surface area contributed by atoms with Gasteiger partial charge in [0.1, 0.15) is 0 Å². The third kappa shape index (κ3) is 70.5. The highest BCUT2D eigenvalue weighted by Crippen LogP contribution is 2.19. The Morgan fingerprint density at radius 3 is 0.500 bits per heavy atom. The van der Waals surface area contributed by atoms with E-state index < -0.39 is 92.3 Å². The summed E-state index contributed by atoms with van der Waals surface area (Å²) in [5, 5.41) is 107. The van der Waals surface area contributed by atoms with Crippen LogP contribution < -0.4 is 0 Å². The molecule has 0 bridgehead atoms. The largest absolute Gasteiger partial charge is 0.478 e. The maximum absolute atomic E-state index is 9.25. The smallest absolute Gasteiger partial charge is 0.327 e. The predicted octanol–water partition coefficient (Wildman–Crippen LogP) is -1.27. The minimum atomic E-state index is -1.16. The van der Waals surface area contributed by atoms with Crippen molar-refractivity contribution in [3.05, 3.63) is 88.6 Å². The molecule has 0 aromatic heterocycles. The number of aliphatic hydroxyl groups excluding tert-OH is 6. The van der Waals surface area contributed by atoms with Crippen LogP contribution in [0.4, 0.5) is 0 Å². The fourth-order valence-electron chi connectivity index (χ4n) is 1.06. The Labute approximate surface area is 298 Å². The van der Waals surface area contributed by atoms with Gasteiger partial charge in [-0.3, -0.25) is 0 Å². The zero-order valence-electron chi connectivity index (χ0n) is 28.2. The average Bonchev–Trinajstić information content (AvgIpc) is 3.13. The summed E-state index contributed by atoms with van der Waals surface area (Å²) in [7, 11) is 0. The summed E-state index contributed by atoms with van der Waals surface area (Å²) in [4.78, 5) is 64.8. The van der Waals surface area contributed by atoms with Crippen LogP contribution in [-0.2, 0) is 38.3 Å². The Kier molecular flexibility index (Phi) is 58.8. The molecule has 0 unspecified atom stereocenters. The Hall–Kier alpha value is -5.81. The molecule has 0 aliphatic rings. The van der Waals surface area contributed by atoms with Gasteiger partial charge in [0.2, 0.25) is 0 Å². The molecule has 0 saturated heterocycles. The van der Waals surface area contributed by atoms with Crippen molar-refractivity contribution >= 4 is 41.8 Å². The van der Waals surface area contributed by atoms with Crippen molar-refractivity contribution in [3.63, 3.8) is 0 Å². The molecule has 0 aromatic rings. The first-order valence-corrected chi connectivity index (χ1v) is 13.2. The molecule has 13 N–H and O–H groups in total. The molecule has 0 fully saturated rings. The van der Waals surface area contributed by atoms with Crippen LogP contribution in [-0.4, -0.2) is 161 Å². The first-order valence-electron chi connectivity index (χ1n) is 13.2. The van der Waals surface area contributed by atoms with Gasteiger partial charge in [-0.05, 0) is 0 Å². The van der Waals surface area contributed by atoms with E-state index in [0.29, 0.717) is 0 Å². The average molecular weight is 759 g/mol. The molecule has 0 saturated carbocycles. The Bertz CT molecular complexity index is 857. The maximum Gasteiger partial charge on any atom is 0.327 e. The lowest BCUT2D eigenvalue weighted by atomic mass is 9.91. The van der Waals surface area contributed by atoms with E-state index in [9.17, 15) is 33.6 Å². The van der Waals surface area contributed by atoms with E-state index in [0.717, 1.165) is 42.5 Å². The highest BCUT2D eigenvalue weighted by molar-refractivity contribution is 5.80. The van der Waals surface area contributed by atoms with Crippen LogP contribution in [0.3, 0.4) is 0 Å². The van der Waals surface area contributed by atoms with Crippen LogP contribution in [0.2, 0.25) is 0 Å². The summed E-state index contributed by atoms with van der Waals surface area (Å²) in [6.45, 7) is 17.7. The molecule has 0 spiro atoms.